The molecule has 0 aliphatic carbocycles. The highest BCUT2D eigenvalue weighted by Crippen LogP contribution is 2.27. The number of halogens is 1. The molecule has 1 unspecified atom stereocenters. The summed E-state index contributed by atoms with van der Waals surface area (Å²) in [7, 11) is 0. The Labute approximate surface area is 168 Å². The molecule has 9 nitrogen and oxygen atoms in total. The van der Waals surface area contributed by atoms with E-state index in [0.717, 1.165) is 12.8 Å². The zero-order valence-electron chi connectivity index (χ0n) is 16.1. The van der Waals surface area contributed by atoms with Gasteiger partial charge in [-0.25, -0.2) is 15.3 Å². The lowest BCUT2D eigenvalue weighted by Crippen LogP contribution is -2.52. The molecular weight excluding hydrogens is 389 g/mol. The highest BCUT2D eigenvalue weighted by atomic mass is 32.2. The summed E-state index contributed by atoms with van der Waals surface area (Å²) in [6.07, 6.45) is 2.96. The second-order valence-corrected chi connectivity index (χ2v) is 8.04. The molecule has 4 atom stereocenters. The summed E-state index contributed by atoms with van der Waals surface area (Å²) in [5, 5.41) is 13.0. The van der Waals surface area contributed by atoms with Gasteiger partial charge in [-0.2, -0.15) is 5.10 Å². The number of carbonyl (C=O) groups excluding carboxylic acids is 3. The van der Waals surface area contributed by atoms with Gasteiger partial charge in [0.2, 0.25) is 5.91 Å². The molecule has 2 heterocycles. The van der Waals surface area contributed by atoms with Crippen LogP contribution >= 0.6 is 11.9 Å². The smallest absolute Gasteiger partial charge is 0.278 e. The van der Waals surface area contributed by atoms with Crippen molar-refractivity contribution in [3.8, 4) is 0 Å². The number of likely N-dealkylation sites (tertiary alicyclic amines) is 1. The molecule has 1 fully saturated rings. The number of hydrogen-bond donors (Lipinski definition) is 3. The van der Waals surface area contributed by atoms with Gasteiger partial charge >= 0.3 is 0 Å². The first kappa shape index (κ1) is 22.4. The standard InChI is InChI=1S/C17H28FN5O4S/c1-3-5-7-12(14(18)16(25)21-27)17(26)22-9-6-8-13(22)15(24)20-23-19-10-11(4-2)28-23/h10-14,27H,3-9H2,1-2H3,(H,20,24)(H,21,25)/t11?,12-,13+,14-/m1/s1. The number of amides is 3. The Morgan fingerprint density at radius 2 is 2.14 bits per heavy atom. The first-order valence-electron chi connectivity index (χ1n) is 9.62. The van der Waals surface area contributed by atoms with Crippen molar-refractivity contribution in [2.75, 3.05) is 6.54 Å². The molecule has 0 spiro atoms. The molecule has 28 heavy (non-hydrogen) atoms. The SMILES string of the molecule is CCCC[C@@H](C(=O)N1CCC[C@H]1C(=O)NN1N=CC(CC)S1)[C@@H](F)C(=O)NO. The zero-order chi connectivity index (χ0) is 20.7. The first-order chi connectivity index (χ1) is 13.4. The fourth-order valence-corrected chi connectivity index (χ4v) is 4.07. The Bertz CT molecular complexity index is 608. The number of hydrazone groups is 1. The van der Waals surface area contributed by atoms with Crippen LogP contribution in [0.4, 0.5) is 4.39 Å². The summed E-state index contributed by atoms with van der Waals surface area (Å²) in [6, 6.07) is -0.738. The van der Waals surface area contributed by atoms with Gasteiger partial charge in [-0.05, 0) is 25.7 Å². The minimum atomic E-state index is -2.17. The Balaban J connectivity index is 2.05. The molecule has 0 aromatic rings. The molecular formula is C17H28FN5O4S. The maximum Gasteiger partial charge on any atom is 0.278 e. The predicted molar refractivity (Wildman–Crippen MR) is 103 cm³/mol. The van der Waals surface area contributed by atoms with E-state index in [4.69, 9.17) is 5.21 Å². The third kappa shape index (κ3) is 5.34. The van der Waals surface area contributed by atoms with E-state index < -0.39 is 29.9 Å². The maximum absolute atomic E-state index is 14.5. The average molecular weight is 418 g/mol. The molecule has 3 amide bonds. The van der Waals surface area contributed by atoms with E-state index in [1.807, 2.05) is 13.8 Å². The van der Waals surface area contributed by atoms with Crippen molar-refractivity contribution in [1.29, 1.82) is 0 Å². The van der Waals surface area contributed by atoms with Gasteiger partial charge < -0.3 is 4.90 Å². The van der Waals surface area contributed by atoms with Crippen molar-refractivity contribution in [3.05, 3.63) is 0 Å². The monoisotopic (exact) mass is 417 g/mol. The van der Waals surface area contributed by atoms with Gasteiger partial charge in [0.15, 0.2) is 6.17 Å². The largest absolute Gasteiger partial charge is 0.330 e. The Hall–Kier alpha value is -1.88. The number of hydroxylamine groups is 1. The quantitative estimate of drug-likeness (QED) is 0.297. The van der Waals surface area contributed by atoms with Crippen LogP contribution in [0.2, 0.25) is 0 Å². The van der Waals surface area contributed by atoms with Gasteiger partial charge in [0.25, 0.3) is 11.8 Å². The topological polar surface area (TPSA) is 114 Å². The van der Waals surface area contributed by atoms with Crippen LogP contribution in [-0.4, -0.2) is 62.6 Å². The summed E-state index contributed by atoms with van der Waals surface area (Å²) < 4.78 is 15.9. The Morgan fingerprint density at radius 3 is 2.75 bits per heavy atom. The number of carbonyl (C=O) groups is 3. The van der Waals surface area contributed by atoms with Gasteiger partial charge in [-0.1, -0.05) is 26.7 Å². The van der Waals surface area contributed by atoms with Crippen molar-refractivity contribution in [2.45, 2.75) is 69.8 Å². The lowest BCUT2D eigenvalue weighted by molar-refractivity contribution is -0.149. The van der Waals surface area contributed by atoms with Gasteiger partial charge in [-0.3, -0.25) is 19.6 Å². The molecule has 2 aliphatic heterocycles. The van der Waals surface area contributed by atoms with Crippen LogP contribution in [0, 0.1) is 5.92 Å². The molecule has 2 aliphatic rings. The van der Waals surface area contributed by atoms with Gasteiger partial charge in [0, 0.05) is 24.7 Å². The minimum absolute atomic E-state index is 0.166. The molecule has 158 valence electrons. The minimum Gasteiger partial charge on any atom is -0.330 e. The predicted octanol–water partition coefficient (Wildman–Crippen LogP) is 1.39. The second-order valence-electron chi connectivity index (χ2n) is 6.88. The molecule has 0 aromatic carbocycles. The van der Waals surface area contributed by atoms with Crippen molar-refractivity contribution in [2.24, 2.45) is 11.0 Å². The van der Waals surface area contributed by atoms with Crippen LogP contribution in [0.5, 0.6) is 0 Å². The first-order valence-corrected chi connectivity index (χ1v) is 10.5. The normalized spacial score (nSPS) is 23.6. The van der Waals surface area contributed by atoms with Crippen molar-refractivity contribution < 1.29 is 24.0 Å². The lowest BCUT2D eigenvalue weighted by Gasteiger charge is -2.29. The molecule has 0 saturated carbocycles. The summed E-state index contributed by atoms with van der Waals surface area (Å²) in [5.41, 5.74) is 3.94. The number of unbranched alkanes of at least 4 members (excludes halogenated alkanes) is 1. The highest BCUT2D eigenvalue weighted by Gasteiger charge is 2.42. The fourth-order valence-electron chi connectivity index (χ4n) is 3.30. The van der Waals surface area contributed by atoms with E-state index in [2.05, 4.69) is 10.5 Å². The lowest BCUT2D eigenvalue weighted by atomic mass is 9.94. The van der Waals surface area contributed by atoms with Crippen molar-refractivity contribution in [3.63, 3.8) is 0 Å². The molecule has 0 bridgehead atoms. The molecule has 2 rings (SSSR count). The Kier molecular flexibility index (Phi) is 8.49. The van der Waals surface area contributed by atoms with Crippen LogP contribution in [0.3, 0.4) is 0 Å². The zero-order valence-corrected chi connectivity index (χ0v) is 17.0. The van der Waals surface area contributed by atoms with E-state index in [-0.39, 0.29) is 17.6 Å². The number of rotatable bonds is 9. The number of hydrogen-bond acceptors (Lipinski definition) is 7. The van der Waals surface area contributed by atoms with E-state index >= 15 is 0 Å². The Morgan fingerprint density at radius 1 is 1.39 bits per heavy atom. The third-order valence-electron chi connectivity index (χ3n) is 4.92. The van der Waals surface area contributed by atoms with Gasteiger partial charge in [0.05, 0.1) is 11.2 Å². The van der Waals surface area contributed by atoms with Crippen LogP contribution < -0.4 is 10.9 Å². The molecule has 11 heteroatoms. The maximum atomic E-state index is 14.5. The van der Waals surface area contributed by atoms with Crippen LogP contribution in [0.1, 0.15) is 52.4 Å². The van der Waals surface area contributed by atoms with E-state index in [9.17, 15) is 18.8 Å². The number of hydrazine groups is 1. The highest BCUT2D eigenvalue weighted by molar-refractivity contribution is 7.98. The molecule has 1 saturated heterocycles. The number of alkyl halides is 1. The molecule has 0 radical (unpaired) electrons. The average Bonchev–Trinajstić information content (AvgIpc) is 3.36. The van der Waals surface area contributed by atoms with E-state index in [1.165, 1.54) is 26.9 Å². The summed E-state index contributed by atoms with van der Waals surface area (Å²) in [5.74, 6) is -3.44. The number of nitrogens with one attached hydrogen (secondary N) is 2. The van der Waals surface area contributed by atoms with Crippen molar-refractivity contribution in [1.82, 2.24) is 20.3 Å². The van der Waals surface area contributed by atoms with Crippen molar-refractivity contribution >= 4 is 35.9 Å². The van der Waals surface area contributed by atoms with E-state index in [1.54, 1.807) is 6.21 Å². The molecule has 0 aromatic heterocycles. The van der Waals surface area contributed by atoms with E-state index in [0.29, 0.717) is 25.8 Å². The fraction of sp³-hybridized carbons (Fsp3) is 0.765. The summed E-state index contributed by atoms with van der Waals surface area (Å²) in [6.45, 7) is 4.23. The third-order valence-corrected chi connectivity index (χ3v) is 6.03. The summed E-state index contributed by atoms with van der Waals surface area (Å²) in [4.78, 5) is 38.5. The second kappa shape index (κ2) is 10.6. The summed E-state index contributed by atoms with van der Waals surface area (Å²) >= 11 is 1.37. The van der Waals surface area contributed by atoms with Crippen LogP contribution in [-0.2, 0) is 14.4 Å². The van der Waals surface area contributed by atoms with Crippen LogP contribution in [0.25, 0.3) is 0 Å². The van der Waals surface area contributed by atoms with Gasteiger partial charge in [0.1, 0.15) is 6.04 Å². The molecule has 3 N–H and O–H groups in total. The number of nitrogens with zero attached hydrogens (tertiary/aromatic N) is 3. The van der Waals surface area contributed by atoms with Crippen LogP contribution in [0.15, 0.2) is 5.10 Å². The van der Waals surface area contributed by atoms with Gasteiger partial charge in [-0.15, -0.1) is 4.52 Å².